The molecule has 1 aliphatic rings. The molecule has 0 radical (unpaired) electrons. The minimum atomic E-state index is -0.308. The fraction of sp³-hybridized carbons (Fsp3) is 0.368. The Bertz CT molecular complexity index is 720. The van der Waals surface area contributed by atoms with Gasteiger partial charge in [-0.1, -0.05) is 12.1 Å². The summed E-state index contributed by atoms with van der Waals surface area (Å²) in [4.78, 5) is 23.9. The second kappa shape index (κ2) is 8.53. The van der Waals surface area contributed by atoms with Gasteiger partial charge in [-0.15, -0.1) is 0 Å². The summed E-state index contributed by atoms with van der Waals surface area (Å²) in [5.41, 5.74) is 1.58. The van der Waals surface area contributed by atoms with E-state index in [0.717, 1.165) is 31.2 Å². The molecule has 0 spiro atoms. The highest BCUT2D eigenvalue weighted by Gasteiger charge is 2.20. The smallest absolute Gasteiger partial charge is 0.315 e. The first-order chi connectivity index (χ1) is 12.6. The third kappa shape index (κ3) is 5.10. The summed E-state index contributed by atoms with van der Waals surface area (Å²) in [7, 11) is 0. The fourth-order valence-electron chi connectivity index (χ4n) is 2.95. The van der Waals surface area contributed by atoms with Gasteiger partial charge in [0.1, 0.15) is 0 Å². The van der Waals surface area contributed by atoms with Crippen molar-refractivity contribution in [2.75, 3.05) is 5.32 Å². The minimum absolute atomic E-state index is 0.123. The third-order valence-corrected chi connectivity index (χ3v) is 4.44. The molecular formula is C19H23N3O4. The topological polar surface area (TPSA) is 104 Å². The number of carbonyl (C=O) groups is 2. The van der Waals surface area contributed by atoms with Crippen LogP contribution in [0.4, 0.5) is 10.5 Å². The van der Waals surface area contributed by atoms with Crippen LogP contribution in [0.25, 0.3) is 0 Å². The number of aliphatic hydroxyl groups excluding tert-OH is 1. The quantitative estimate of drug-likeness (QED) is 0.660. The van der Waals surface area contributed by atoms with Crippen LogP contribution in [0.5, 0.6) is 0 Å². The van der Waals surface area contributed by atoms with Gasteiger partial charge in [-0.05, 0) is 55.5 Å². The van der Waals surface area contributed by atoms with Crippen molar-refractivity contribution in [2.45, 2.75) is 44.4 Å². The van der Waals surface area contributed by atoms with Crippen LogP contribution in [0.1, 0.15) is 41.8 Å². The van der Waals surface area contributed by atoms with Crippen LogP contribution in [0.15, 0.2) is 47.1 Å². The average Bonchev–Trinajstić information content (AvgIpc) is 3.18. The first-order valence-corrected chi connectivity index (χ1v) is 8.76. The van der Waals surface area contributed by atoms with Gasteiger partial charge in [0, 0.05) is 18.3 Å². The first-order valence-electron chi connectivity index (χ1n) is 8.76. The van der Waals surface area contributed by atoms with Crippen molar-refractivity contribution in [3.05, 3.63) is 54.0 Å². The summed E-state index contributed by atoms with van der Waals surface area (Å²) in [5.74, 6) is -0.0551. The Balaban J connectivity index is 1.42. The van der Waals surface area contributed by atoms with E-state index in [1.54, 1.807) is 24.3 Å². The molecule has 0 aliphatic heterocycles. The summed E-state index contributed by atoms with van der Waals surface area (Å²) in [6.07, 6.45) is 4.29. The molecule has 1 aliphatic carbocycles. The molecule has 1 aromatic heterocycles. The number of benzene rings is 1. The van der Waals surface area contributed by atoms with E-state index < -0.39 is 0 Å². The molecule has 0 unspecified atom stereocenters. The number of urea groups is 1. The van der Waals surface area contributed by atoms with Crippen molar-refractivity contribution in [3.8, 4) is 0 Å². The number of nitrogens with one attached hydrogen (secondary N) is 3. The van der Waals surface area contributed by atoms with Gasteiger partial charge in [-0.3, -0.25) is 4.79 Å². The maximum atomic E-state index is 12.0. The molecule has 4 N–H and O–H groups in total. The van der Waals surface area contributed by atoms with Crippen LogP contribution < -0.4 is 16.0 Å². The van der Waals surface area contributed by atoms with Gasteiger partial charge in [0.25, 0.3) is 5.91 Å². The van der Waals surface area contributed by atoms with Gasteiger partial charge in [0.2, 0.25) is 0 Å². The second-order valence-corrected chi connectivity index (χ2v) is 6.46. The fourth-order valence-corrected chi connectivity index (χ4v) is 2.95. The van der Waals surface area contributed by atoms with Crippen molar-refractivity contribution >= 4 is 17.6 Å². The van der Waals surface area contributed by atoms with Gasteiger partial charge < -0.3 is 25.5 Å². The van der Waals surface area contributed by atoms with Crippen molar-refractivity contribution in [1.82, 2.24) is 10.6 Å². The molecule has 1 saturated carbocycles. The Kier molecular flexibility index (Phi) is 5.91. The molecule has 3 amide bonds. The highest BCUT2D eigenvalue weighted by atomic mass is 16.3. The number of hydrogen-bond donors (Lipinski definition) is 4. The van der Waals surface area contributed by atoms with E-state index in [1.165, 1.54) is 6.26 Å². The Morgan fingerprint density at radius 1 is 1.08 bits per heavy atom. The Morgan fingerprint density at radius 3 is 2.46 bits per heavy atom. The molecule has 1 fully saturated rings. The molecule has 1 aromatic carbocycles. The van der Waals surface area contributed by atoms with Crippen molar-refractivity contribution < 1.29 is 19.1 Å². The normalized spacial score (nSPS) is 19.6. The second-order valence-electron chi connectivity index (χ2n) is 6.46. The largest absolute Gasteiger partial charge is 0.459 e. The minimum Gasteiger partial charge on any atom is -0.459 e. The van der Waals surface area contributed by atoms with Gasteiger partial charge in [-0.25, -0.2) is 4.79 Å². The summed E-state index contributed by atoms with van der Waals surface area (Å²) < 4.78 is 5.04. The highest BCUT2D eigenvalue weighted by Crippen LogP contribution is 2.18. The zero-order valence-corrected chi connectivity index (χ0v) is 14.4. The number of rotatable bonds is 5. The first kappa shape index (κ1) is 18.0. The highest BCUT2D eigenvalue weighted by molar-refractivity contribution is 6.02. The standard InChI is InChI=1S/C19H23N3O4/c23-16-9-7-15(8-10-16)22-19(25)20-12-13-3-5-14(6-4-13)21-18(24)17-2-1-11-26-17/h1-6,11,15-16,23H,7-10,12H2,(H,21,24)(H2,20,22,25). The van der Waals surface area contributed by atoms with E-state index >= 15 is 0 Å². The van der Waals surface area contributed by atoms with E-state index in [2.05, 4.69) is 16.0 Å². The van der Waals surface area contributed by atoms with Gasteiger partial charge in [0.05, 0.1) is 12.4 Å². The third-order valence-electron chi connectivity index (χ3n) is 4.44. The van der Waals surface area contributed by atoms with Crippen molar-refractivity contribution in [3.63, 3.8) is 0 Å². The molecule has 0 saturated heterocycles. The number of aliphatic hydroxyl groups is 1. The van der Waals surface area contributed by atoms with E-state index in [4.69, 9.17) is 4.42 Å². The van der Waals surface area contributed by atoms with Crippen LogP contribution >= 0.6 is 0 Å². The van der Waals surface area contributed by atoms with Crippen LogP contribution in [-0.4, -0.2) is 29.2 Å². The molecule has 7 nitrogen and oxygen atoms in total. The summed E-state index contributed by atoms with van der Waals surface area (Å²) in [5, 5.41) is 18.0. The van der Waals surface area contributed by atoms with E-state index in [1.807, 2.05) is 12.1 Å². The van der Waals surface area contributed by atoms with E-state index in [-0.39, 0.29) is 29.8 Å². The summed E-state index contributed by atoms with van der Waals surface area (Å²) in [6, 6.07) is 10.4. The number of hydrogen-bond acceptors (Lipinski definition) is 4. The number of furan rings is 1. The maximum absolute atomic E-state index is 12.0. The van der Waals surface area contributed by atoms with Gasteiger partial charge in [0.15, 0.2) is 5.76 Å². The zero-order chi connectivity index (χ0) is 18.4. The molecule has 0 bridgehead atoms. The molecular weight excluding hydrogens is 334 g/mol. The van der Waals surface area contributed by atoms with E-state index in [9.17, 15) is 14.7 Å². The number of carbonyl (C=O) groups excluding carboxylic acids is 2. The van der Waals surface area contributed by atoms with Crippen LogP contribution in [0.2, 0.25) is 0 Å². The predicted molar refractivity (Wildman–Crippen MR) is 96.7 cm³/mol. The Morgan fingerprint density at radius 2 is 1.81 bits per heavy atom. The lowest BCUT2D eigenvalue weighted by molar-refractivity contribution is 0.0996. The lowest BCUT2D eigenvalue weighted by Gasteiger charge is -2.26. The van der Waals surface area contributed by atoms with Crippen LogP contribution in [-0.2, 0) is 6.54 Å². The molecule has 7 heteroatoms. The Hall–Kier alpha value is -2.80. The molecule has 138 valence electrons. The molecule has 3 rings (SSSR count). The lowest BCUT2D eigenvalue weighted by atomic mass is 9.93. The maximum Gasteiger partial charge on any atom is 0.315 e. The van der Waals surface area contributed by atoms with Crippen LogP contribution in [0, 0.1) is 0 Å². The average molecular weight is 357 g/mol. The van der Waals surface area contributed by atoms with Crippen LogP contribution in [0.3, 0.4) is 0 Å². The SMILES string of the molecule is O=C(NCc1ccc(NC(=O)c2ccco2)cc1)NC1CCC(O)CC1. The lowest BCUT2D eigenvalue weighted by Crippen LogP contribution is -2.43. The zero-order valence-electron chi connectivity index (χ0n) is 14.4. The molecule has 0 atom stereocenters. The van der Waals surface area contributed by atoms with Gasteiger partial charge >= 0.3 is 6.03 Å². The summed E-state index contributed by atoms with van der Waals surface area (Å²) >= 11 is 0. The van der Waals surface area contributed by atoms with E-state index in [0.29, 0.717) is 12.2 Å². The van der Waals surface area contributed by atoms with Crippen molar-refractivity contribution in [1.29, 1.82) is 0 Å². The van der Waals surface area contributed by atoms with Crippen molar-refractivity contribution in [2.24, 2.45) is 0 Å². The monoisotopic (exact) mass is 357 g/mol. The molecule has 26 heavy (non-hydrogen) atoms. The summed E-state index contributed by atoms with van der Waals surface area (Å²) in [6.45, 7) is 0.396. The predicted octanol–water partition coefficient (Wildman–Crippen LogP) is 2.63. The molecule has 1 heterocycles. The number of amides is 3. The van der Waals surface area contributed by atoms with Gasteiger partial charge in [-0.2, -0.15) is 0 Å². The molecule has 2 aromatic rings. The Labute approximate surface area is 151 Å². The number of anilines is 1.